The molecule has 1 saturated heterocycles. The lowest BCUT2D eigenvalue weighted by Gasteiger charge is -2.12. The van der Waals surface area contributed by atoms with Crippen LogP contribution >= 0.6 is 0 Å². The molecule has 1 aliphatic rings. The molecule has 0 saturated carbocycles. The summed E-state index contributed by atoms with van der Waals surface area (Å²) in [5, 5.41) is 2.56. The zero-order chi connectivity index (χ0) is 18.0. The Kier molecular flexibility index (Phi) is 4.65. The van der Waals surface area contributed by atoms with E-state index in [4.69, 9.17) is 0 Å². The van der Waals surface area contributed by atoms with Gasteiger partial charge in [-0.25, -0.2) is 9.18 Å². The molecular formula is C20H19FN2O2. The van der Waals surface area contributed by atoms with E-state index in [0.29, 0.717) is 11.5 Å². The molecule has 3 amide bonds. The Labute approximate surface area is 146 Å². The number of urea groups is 1. The normalized spacial score (nSPS) is 16.0. The number of hydrogen-bond acceptors (Lipinski definition) is 2. The van der Waals surface area contributed by atoms with E-state index < -0.39 is 17.8 Å². The van der Waals surface area contributed by atoms with Gasteiger partial charge in [0.2, 0.25) is 0 Å². The minimum Gasteiger partial charge on any atom is -0.303 e. The molecule has 1 N–H and O–H groups in total. The summed E-state index contributed by atoms with van der Waals surface area (Å²) in [7, 11) is 0. The predicted octanol–water partition coefficient (Wildman–Crippen LogP) is 4.04. The summed E-state index contributed by atoms with van der Waals surface area (Å²) in [6.45, 7) is 4.12. The molecule has 0 atom stereocenters. The van der Waals surface area contributed by atoms with E-state index in [1.807, 2.05) is 24.3 Å². The molecule has 0 bridgehead atoms. The number of carbonyl (C=O) groups is 2. The van der Waals surface area contributed by atoms with E-state index in [2.05, 4.69) is 19.2 Å². The zero-order valence-electron chi connectivity index (χ0n) is 14.1. The molecular weight excluding hydrogens is 319 g/mol. The van der Waals surface area contributed by atoms with Crippen LogP contribution in [0.25, 0.3) is 6.08 Å². The van der Waals surface area contributed by atoms with E-state index in [9.17, 15) is 14.0 Å². The van der Waals surface area contributed by atoms with Gasteiger partial charge < -0.3 is 5.32 Å². The lowest BCUT2D eigenvalue weighted by molar-refractivity contribution is -0.123. The number of carbonyl (C=O) groups excluding carboxylic acids is 2. The van der Waals surface area contributed by atoms with Gasteiger partial charge in [0.1, 0.15) is 11.5 Å². The summed E-state index contributed by atoms with van der Waals surface area (Å²) in [6, 6.07) is 13.4. The fourth-order valence-corrected chi connectivity index (χ4v) is 2.66. The third-order valence-electron chi connectivity index (χ3n) is 4.16. The molecule has 25 heavy (non-hydrogen) atoms. The number of amides is 3. The van der Waals surface area contributed by atoms with E-state index in [-0.39, 0.29) is 12.2 Å². The maximum absolute atomic E-state index is 13.8. The third kappa shape index (κ3) is 3.60. The molecule has 4 nitrogen and oxygen atoms in total. The molecule has 0 spiro atoms. The SMILES string of the molecule is CC(C)c1ccc(/C=C2\NC(=O)N(Cc3ccccc3F)C2=O)cc1. The summed E-state index contributed by atoms with van der Waals surface area (Å²) in [5.41, 5.74) is 2.51. The summed E-state index contributed by atoms with van der Waals surface area (Å²) >= 11 is 0. The Balaban J connectivity index is 1.79. The van der Waals surface area contributed by atoms with Gasteiger partial charge in [0.25, 0.3) is 5.91 Å². The third-order valence-corrected chi connectivity index (χ3v) is 4.16. The highest BCUT2D eigenvalue weighted by Gasteiger charge is 2.33. The van der Waals surface area contributed by atoms with E-state index in [1.165, 1.54) is 11.6 Å². The second-order valence-corrected chi connectivity index (χ2v) is 6.29. The molecule has 5 heteroatoms. The van der Waals surface area contributed by atoms with E-state index in [0.717, 1.165) is 10.5 Å². The minimum atomic E-state index is -0.543. The van der Waals surface area contributed by atoms with Crippen molar-refractivity contribution in [2.45, 2.75) is 26.3 Å². The number of nitrogens with one attached hydrogen (secondary N) is 1. The van der Waals surface area contributed by atoms with Crippen molar-refractivity contribution in [3.63, 3.8) is 0 Å². The van der Waals surface area contributed by atoms with Crippen molar-refractivity contribution in [2.24, 2.45) is 0 Å². The molecule has 0 aliphatic carbocycles. The summed E-state index contributed by atoms with van der Waals surface area (Å²) in [4.78, 5) is 25.5. The maximum Gasteiger partial charge on any atom is 0.329 e. The van der Waals surface area contributed by atoms with Gasteiger partial charge in [-0.15, -0.1) is 0 Å². The van der Waals surface area contributed by atoms with Crippen molar-refractivity contribution in [3.8, 4) is 0 Å². The second-order valence-electron chi connectivity index (χ2n) is 6.29. The van der Waals surface area contributed by atoms with Crippen molar-refractivity contribution >= 4 is 18.0 Å². The number of benzene rings is 2. The van der Waals surface area contributed by atoms with Crippen LogP contribution < -0.4 is 5.32 Å². The fraction of sp³-hybridized carbons (Fsp3) is 0.200. The van der Waals surface area contributed by atoms with Crippen molar-refractivity contribution in [1.82, 2.24) is 10.2 Å². The molecule has 0 unspecified atom stereocenters. The Hall–Kier alpha value is -2.95. The van der Waals surface area contributed by atoms with E-state index >= 15 is 0 Å². The largest absolute Gasteiger partial charge is 0.329 e. The topological polar surface area (TPSA) is 49.4 Å². The molecule has 3 rings (SSSR count). The first-order valence-electron chi connectivity index (χ1n) is 8.13. The van der Waals surface area contributed by atoms with Crippen molar-refractivity contribution in [2.75, 3.05) is 0 Å². The molecule has 1 aliphatic heterocycles. The lowest BCUT2D eigenvalue weighted by atomic mass is 10.0. The molecule has 2 aromatic rings. The lowest BCUT2D eigenvalue weighted by Crippen LogP contribution is -2.30. The van der Waals surface area contributed by atoms with Gasteiger partial charge >= 0.3 is 6.03 Å². The van der Waals surface area contributed by atoms with Crippen molar-refractivity contribution in [1.29, 1.82) is 0 Å². The van der Waals surface area contributed by atoms with Gasteiger partial charge in [0.15, 0.2) is 0 Å². The van der Waals surface area contributed by atoms with Crippen molar-refractivity contribution < 1.29 is 14.0 Å². The van der Waals surface area contributed by atoms with Gasteiger partial charge in [0.05, 0.1) is 6.54 Å². The number of halogens is 1. The van der Waals surface area contributed by atoms with E-state index in [1.54, 1.807) is 24.3 Å². The zero-order valence-corrected chi connectivity index (χ0v) is 14.1. The minimum absolute atomic E-state index is 0.0963. The standard InChI is InChI=1S/C20H19FN2O2/c1-13(2)15-9-7-14(8-10-15)11-18-19(24)23(20(25)22-18)12-16-5-3-4-6-17(16)21/h3-11,13H,12H2,1-2H3,(H,22,25)/b18-11-. The number of nitrogens with zero attached hydrogens (tertiary/aromatic N) is 1. The maximum atomic E-state index is 13.8. The molecule has 1 fully saturated rings. The van der Waals surface area contributed by atoms with Crippen LogP contribution in [0.15, 0.2) is 54.2 Å². The van der Waals surface area contributed by atoms with Gasteiger partial charge in [-0.3, -0.25) is 9.69 Å². The average Bonchev–Trinajstić information content (AvgIpc) is 2.85. The molecule has 0 aromatic heterocycles. The highest BCUT2D eigenvalue weighted by molar-refractivity contribution is 6.13. The van der Waals surface area contributed by atoms with Crippen molar-refractivity contribution in [3.05, 3.63) is 76.7 Å². The van der Waals surface area contributed by atoms with Crippen LogP contribution in [0.4, 0.5) is 9.18 Å². The highest BCUT2D eigenvalue weighted by Crippen LogP contribution is 2.20. The van der Waals surface area contributed by atoms with Crippen LogP contribution in [-0.2, 0) is 11.3 Å². The van der Waals surface area contributed by atoms with Crippen LogP contribution in [0, 0.1) is 5.82 Å². The van der Waals surface area contributed by atoms with Gasteiger partial charge in [0, 0.05) is 5.56 Å². The highest BCUT2D eigenvalue weighted by atomic mass is 19.1. The monoisotopic (exact) mass is 338 g/mol. The summed E-state index contributed by atoms with van der Waals surface area (Å²) in [5.74, 6) is -0.475. The molecule has 128 valence electrons. The summed E-state index contributed by atoms with van der Waals surface area (Å²) < 4.78 is 13.8. The fourth-order valence-electron chi connectivity index (χ4n) is 2.66. The predicted molar refractivity (Wildman–Crippen MR) is 94.0 cm³/mol. The number of rotatable bonds is 4. The van der Waals surface area contributed by atoms with Gasteiger partial charge in [-0.1, -0.05) is 56.3 Å². The Morgan fingerprint density at radius 2 is 1.76 bits per heavy atom. The van der Waals surface area contributed by atoms with Crippen LogP contribution in [0.2, 0.25) is 0 Å². The average molecular weight is 338 g/mol. The quantitative estimate of drug-likeness (QED) is 0.675. The first kappa shape index (κ1) is 16.9. The summed E-state index contributed by atoms with van der Waals surface area (Å²) in [6.07, 6.45) is 1.63. The smallest absolute Gasteiger partial charge is 0.303 e. The number of hydrogen-bond donors (Lipinski definition) is 1. The first-order chi connectivity index (χ1) is 12.0. The Morgan fingerprint density at radius 3 is 2.40 bits per heavy atom. The van der Waals surface area contributed by atoms with Gasteiger partial charge in [-0.05, 0) is 29.2 Å². The van der Waals surface area contributed by atoms with Crippen LogP contribution in [-0.4, -0.2) is 16.8 Å². The van der Waals surface area contributed by atoms with Crippen LogP contribution in [0.1, 0.15) is 36.5 Å². The molecule has 0 radical (unpaired) electrons. The van der Waals surface area contributed by atoms with Crippen LogP contribution in [0.5, 0.6) is 0 Å². The van der Waals surface area contributed by atoms with Gasteiger partial charge in [-0.2, -0.15) is 0 Å². The molecule has 1 heterocycles. The van der Waals surface area contributed by atoms with Crippen LogP contribution in [0.3, 0.4) is 0 Å². The Morgan fingerprint density at radius 1 is 1.08 bits per heavy atom. The Bertz CT molecular complexity index is 841. The molecule has 2 aromatic carbocycles. The number of imide groups is 1. The first-order valence-corrected chi connectivity index (χ1v) is 8.13. The second kappa shape index (κ2) is 6.89.